The molecule has 0 unspecified atom stereocenters. The Hall–Kier alpha value is -2.74. The monoisotopic (exact) mass is 413 g/mol. The van der Waals surface area contributed by atoms with E-state index in [0.29, 0.717) is 5.69 Å². The van der Waals surface area contributed by atoms with Gasteiger partial charge in [-0.1, -0.05) is 36.7 Å². The molecule has 0 atom stereocenters. The molecule has 0 radical (unpaired) electrons. The second-order valence-corrected chi connectivity index (χ2v) is 6.44. The molecule has 0 saturated carbocycles. The number of alkyl halides is 3. The van der Waals surface area contributed by atoms with Gasteiger partial charge in [-0.2, -0.15) is 13.2 Å². The second kappa shape index (κ2) is 8.97. The number of aryl methyl sites for hydroxylation is 1. The van der Waals surface area contributed by atoms with Crippen molar-refractivity contribution in [2.24, 2.45) is 0 Å². The van der Waals surface area contributed by atoms with Crippen LogP contribution >= 0.6 is 11.6 Å². The number of para-hydroxylation sites is 1. The van der Waals surface area contributed by atoms with E-state index >= 15 is 0 Å². The van der Waals surface area contributed by atoms with Gasteiger partial charge in [-0.15, -0.1) is 0 Å². The molecule has 2 aromatic carbocycles. The van der Waals surface area contributed by atoms with Gasteiger partial charge in [0.15, 0.2) is 0 Å². The zero-order valence-corrected chi connectivity index (χ0v) is 16.0. The van der Waals surface area contributed by atoms with Crippen LogP contribution in [0.4, 0.5) is 29.3 Å². The fraction of sp³-hybridized carbons (Fsp3) is 0.263. The molecule has 0 aliphatic rings. The molecular weight excluding hydrogens is 395 g/mol. The third kappa shape index (κ3) is 5.63. The summed E-state index contributed by atoms with van der Waals surface area (Å²) in [5.41, 5.74) is 0.467. The van der Waals surface area contributed by atoms with Crippen molar-refractivity contribution in [1.82, 2.24) is 4.90 Å². The van der Waals surface area contributed by atoms with Crippen molar-refractivity contribution in [2.75, 3.05) is 24.2 Å². The van der Waals surface area contributed by atoms with Gasteiger partial charge >= 0.3 is 12.2 Å². The Morgan fingerprint density at radius 3 is 2.43 bits per heavy atom. The molecule has 0 bridgehead atoms. The van der Waals surface area contributed by atoms with Crippen LogP contribution in [0.5, 0.6) is 0 Å². The predicted molar refractivity (Wildman–Crippen MR) is 103 cm³/mol. The van der Waals surface area contributed by atoms with Gasteiger partial charge in [-0.25, -0.2) is 4.79 Å². The summed E-state index contributed by atoms with van der Waals surface area (Å²) in [6, 6.07) is 9.59. The quantitative estimate of drug-likeness (QED) is 0.722. The molecule has 0 fully saturated rings. The normalized spacial score (nSPS) is 11.1. The van der Waals surface area contributed by atoms with Crippen LogP contribution in [0, 0.1) is 0 Å². The van der Waals surface area contributed by atoms with Crippen molar-refractivity contribution in [1.29, 1.82) is 0 Å². The molecular formula is C19H19ClF3N3O2. The predicted octanol–water partition coefficient (Wildman–Crippen LogP) is 5.02. The number of halogens is 4. The Labute approximate surface area is 165 Å². The summed E-state index contributed by atoms with van der Waals surface area (Å²) in [6.45, 7) is 1.68. The maximum Gasteiger partial charge on any atom is 0.417 e. The number of hydrogen-bond acceptors (Lipinski definition) is 2. The standard InChI is InChI=1S/C19H19ClF3N3O2/c1-3-12-6-4-5-7-16(12)25-17(27)11-26(2)18(28)24-13-8-9-15(20)14(10-13)19(21,22)23/h4-10H,3,11H2,1-2H3,(H,24,28)(H,25,27). The fourth-order valence-electron chi connectivity index (χ4n) is 2.47. The Morgan fingerprint density at radius 1 is 1.11 bits per heavy atom. The SMILES string of the molecule is CCc1ccccc1NC(=O)CN(C)C(=O)Nc1ccc(Cl)c(C(F)(F)F)c1. The summed E-state index contributed by atoms with van der Waals surface area (Å²) in [4.78, 5) is 25.4. The van der Waals surface area contributed by atoms with Gasteiger partial charge in [-0.3, -0.25) is 4.79 Å². The molecule has 28 heavy (non-hydrogen) atoms. The minimum atomic E-state index is -4.64. The number of urea groups is 1. The molecule has 0 spiro atoms. The minimum absolute atomic E-state index is 0.0784. The Bertz CT molecular complexity index is 872. The fourth-order valence-corrected chi connectivity index (χ4v) is 2.69. The molecule has 9 heteroatoms. The van der Waals surface area contributed by atoms with Crippen LogP contribution in [-0.2, 0) is 17.4 Å². The molecule has 2 N–H and O–H groups in total. The summed E-state index contributed by atoms with van der Waals surface area (Å²) < 4.78 is 38.7. The van der Waals surface area contributed by atoms with E-state index in [4.69, 9.17) is 11.6 Å². The number of nitrogens with zero attached hydrogens (tertiary/aromatic N) is 1. The Balaban J connectivity index is 2.00. The summed E-state index contributed by atoms with van der Waals surface area (Å²) in [5.74, 6) is -0.425. The topological polar surface area (TPSA) is 61.4 Å². The number of hydrogen-bond donors (Lipinski definition) is 2. The maximum absolute atomic E-state index is 12.9. The lowest BCUT2D eigenvalue weighted by atomic mass is 10.1. The highest BCUT2D eigenvalue weighted by Gasteiger charge is 2.33. The van der Waals surface area contributed by atoms with E-state index in [1.165, 1.54) is 13.1 Å². The van der Waals surface area contributed by atoms with Crippen molar-refractivity contribution >= 4 is 34.9 Å². The molecule has 0 saturated heterocycles. The van der Waals surface area contributed by atoms with Gasteiger partial charge < -0.3 is 15.5 Å². The van der Waals surface area contributed by atoms with E-state index in [0.717, 1.165) is 29.0 Å². The third-order valence-electron chi connectivity index (χ3n) is 3.92. The molecule has 5 nitrogen and oxygen atoms in total. The second-order valence-electron chi connectivity index (χ2n) is 6.04. The average molecular weight is 414 g/mol. The van der Waals surface area contributed by atoms with E-state index in [1.54, 1.807) is 12.1 Å². The van der Waals surface area contributed by atoms with Crippen LogP contribution in [0.1, 0.15) is 18.1 Å². The Morgan fingerprint density at radius 2 is 1.79 bits per heavy atom. The highest BCUT2D eigenvalue weighted by atomic mass is 35.5. The summed E-state index contributed by atoms with van der Waals surface area (Å²) in [5, 5.41) is 4.58. The van der Waals surface area contributed by atoms with Crippen molar-refractivity contribution in [2.45, 2.75) is 19.5 Å². The zero-order chi connectivity index (χ0) is 20.9. The highest BCUT2D eigenvalue weighted by Crippen LogP contribution is 2.36. The number of rotatable bonds is 5. The molecule has 0 aromatic heterocycles. The number of benzene rings is 2. The van der Waals surface area contributed by atoms with E-state index in [9.17, 15) is 22.8 Å². The smallest absolute Gasteiger partial charge is 0.324 e. The van der Waals surface area contributed by atoms with Crippen LogP contribution in [0.3, 0.4) is 0 Å². The first-order valence-corrected chi connectivity index (χ1v) is 8.76. The summed E-state index contributed by atoms with van der Waals surface area (Å²) in [6.07, 6.45) is -3.92. The van der Waals surface area contributed by atoms with Crippen molar-refractivity contribution in [3.05, 3.63) is 58.6 Å². The lowest BCUT2D eigenvalue weighted by molar-refractivity contribution is -0.137. The maximum atomic E-state index is 12.9. The molecule has 0 aliphatic heterocycles. The van der Waals surface area contributed by atoms with Gasteiger partial charge in [0, 0.05) is 18.4 Å². The van der Waals surface area contributed by atoms with Crippen LogP contribution < -0.4 is 10.6 Å². The number of carbonyl (C=O) groups is 2. The van der Waals surface area contributed by atoms with Crippen LogP contribution in [0.15, 0.2) is 42.5 Å². The first-order valence-electron chi connectivity index (χ1n) is 8.38. The van der Waals surface area contributed by atoms with E-state index in [2.05, 4.69) is 10.6 Å². The van der Waals surface area contributed by atoms with Crippen LogP contribution in [0.25, 0.3) is 0 Å². The van der Waals surface area contributed by atoms with Gasteiger partial charge in [0.25, 0.3) is 0 Å². The molecule has 2 aromatic rings. The van der Waals surface area contributed by atoms with Gasteiger partial charge in [-0.05, 0) is 36.2 Å². The number of amides is 3. The van der Waals surface area contributed by atoms with Crippen molar-refractivity contribution in [3.8, 4) is 0 Å². The van der Waals surface area contributed by atoms with Gasteiger partial charge in [0.05, 0.1) is 10.6 Å². The van der Waals surface area contributed by atoms with Gasteiger partial charge in [0.1, 0.15) is 6.54 Å². The summed E-state index contributed by atoms with van der Waals surface area (Å²) in [7, 11) is 1.36. The summed E-state index contributed by atoms with van der Waals surface area (Å²) >= 11 is 5.55. The largest absolute Gasteiger partial charge is 0.417 e. The van der Waals surface area contributed by atoms with Crippen molar-refractivity contribution < 1.29 is 22.8 Å². The number of carbonyl (C=O) groups excluding carboxylic acids is 2. The van der Waals surface area contributed by atoms with Crippen molar-refractivity contribution in [3.63, 3.8) is 0 Å². The van der Waals surface area contributed by atoms with Crippen LogP contribution in [0.2, 0.25) is 5.02 Å². The lowest BCUT2D eigenvalue weighted by Crippen LogP contribution is -2.37. The molecule has 150 valence electrons. The number of anilines is 2. The van der Waals surface area contributed by atoms with E-state index in [-0.39, 0.29) is 12.2 Å². The average Bonchev–Trinajstić information content (AvgIpc) is 2.62. The first kappa shape index (κ1) is 21.6. The van der Waals surface area contributed by atoms with Crippen LogP contribution in [-0.4, -0.2) is 30.4 Å². The van der Waals surface area contributed by atoms with Gasteiger partial charge in [0.2, 0.25) is 5.91 Å². The highest BCUT2D eigenvalue weighted by molar-refractivity contribution is 6.31. The van der Waals surface area contributed by atoms with E-state index < -0.39 is 28.7 Å². The zero-order valence-electron chi connectivity index (χ0n) is 15.2. The number of nitrogens with one attached hydrogen (secondary N) is 2. The third-order valence-corrected chi connectivity index (χ3v) is 4.25. The number of likely N-dealkylation sites (N-methyl/N-ethyl adjacent to an activating group) is 1. The Kier molecular flexibility index (Phi) is 6.90. The minimum Gasteiger partial charge on any atom is -0.324 e. The molecule has 3 amide bonds. The molecule has 2 rings (SSSR count). The lowest BCUT2D eigenvalue weighted by Gasteiger charge is -2.19. The van der Waals surface area contributed by atoms with E-state index in [1.807, 2.05) is 19.1 Å². The first-order chi connectivity index (χ1) is 13.1. The molecule has 0 aliphatic carbocycles. The molecule has 0 heterocycles.